The summed E-state index contributed by atoms with van der Waals surface area (Å²) in [4.78, 5) is 94.9. The van der Waals surface area contributed by atoms with E-state index in [-0.39, 0.29) is 11.4 Å². The van der Waals surface area contributed by atoms with Crippen LogP contribution in [0.15, 0.2) is 24.3 Å². The Bertz CT molecular complexity index is 1200. The van der Waals surface area contributed by atoms with Gasteiger partial charge in [-0.05, 0) is 24.5 Å². The van der Waals surface area contributed by atoms with E-state index in [0.29, 0.717) is 0 Å². The largest absolute Gasteiger partial charge is 0.481 e. The first-order valence-corrected chi connectivity index (χ1v) is 12.4. The smallest absolute Gasteiger partial charge is 0.316 e. The van der Waals surface area contributed by atoms with E-state index in [0.717, 1.165) is 12.1 Å². The molecule has 0 aliphatic heterocycles. The van der Waals surface area contributed by atoms with Crippen molar-refractivity contribution in [2.24, 2.45) is 11.7 Å². The Morgan fingerprint density at radius 3 is 1.79 bits per heavy atom. The number of carbonyl (C=O) groups is 7. The van der Waals surface area contributed by atoms with Gasteiger partial charge in [-0.1, -0.05) is 13.8 Å². The summed E-state index contributed by atoms with van der Waals surface area (Å²) in [6, 6.07) is -1.34. The molecule has 0 radical (unpaired) electrons. The molecule has 0 bridgehead atoms. The molecule has 42 heavy (non-hydrogen) atoms. The van der Waals surface area contributed by atoms with E-state index in [1.165, 1.54) is 26.0 Å². The molecular weight excluding hydrogens is 564 g/mol. The van der Waals surface area contributed by atoms with Gasteiger partial charge in [0.25, 0.3) is 4.92 Å². The van der Waals surface area contributed by atoms with Crippen LogP contribution < -0.4 is 27.0 Å². The first kappa shape index (κ1) is 34.9. The Morgan fingerprint density at radius 2 is 1.31 bits per heavy atom. The minimum atomic E-state index is -1.64. The van der Waals surface area contributed by atoms with Crippen molar-refractivity contribution in [2.75, 3.05) is 5.32 Å². The fraction of sp³-hybridized carbons (Fsp3) is 0.458. The summed E-state index contributed by atoms with van der Waals surface area (Å²) in [7, 11) is 0. The normalized spacial score (nSPS) is 13.5. The number of anilines is 1. The maximum absolute atomic E-state index is 13.1. The van der Waals surface area contributed by atoms with Gasteiger partial charge >= 0.3 is 23.6 Å². The Morgan fingerprint density at radius 1 is 0.762 bits per heavy atom. The topological polar surface area (TPSA) is 295 Å². The highest BCUT2D eigenvalue weighted by Gasteiger charge is 2.33. The van der Waals surface area contributed by atoms with Gasteiger partial charge in [-0.3, -0.25) is 33.6 Å². The van der Waals surface area contributed by atoms with Crippen LogP contribution in [-0.2, 0) is 33.6 Å². The second-order valence-corrected chi connectivity index (χ2v) is 9.40. The van der Waals surface area contributed by atoms with Crippen molar-refractivity contribution in [1.29, 1.82) is 0 Å². The molecule has 1 aromatic rings. The molecule has 0 aromatic heterocycles. The van der Waals surface area contributed by atoms with Gasteiger partial charge in [0.05, 0.1) is 23.8 Å². The fourth-order valence-corrected chi connectivity index (χ4v) is 3.43. The number of hydrogen-bond donors (Lipinski definition) is 9. The summed E-state index contributed by atoms with van der Waals surface area (Å²) in [5, 5.41) is 45.1. The van der Waals surface area contributed by atoms with Crippen molar-refractivity contribution < 1.29 is 59.0 Å². The zero-order valence-corrected chi connectivity index (χ0v) is 22.6. The van der Waals surface area contributed by atoms with E-state index in [1.807, 2.05) is 0 Å². The van der Waals surface area contributed by atoms with Crippen molar-refractivity contribution in [3.05, 3.63) is 29.2 Å². The molecule has 4 amide bonds. The van der Waals surface area contributed by atoms with E-state index in [4.69, 9.17) is 21.2 Å². The van der Waals surface area contributed by atoms with Gasteiger partial charge in [0.1, 0.15) is 18.1 Å². The molecule has 1 rings (SSSR count). The van der Waals surface area contributed by atoms with Crippen LogP contribution in [-0.4, -0.2) is 91.2 Å². The summed E-state index contributed by atoms with van der Waals surface area (Å²) >= 11 is 0. The van der Waals surface area contributed by atoms with E-state index in [9.17, 15) is 43.6 Å². The van der Waals surface area contributed by atoms with Crippen molar-refractivity contribution in [1.82, 2.24) is 16.0 Å². The zero-order valence-electron chi connectivity index (χ0n) is 22.6. The monoisotopic (exact) mass is 597 g/mol. The minimum absolute atomic E-state index is 0.0991. The second kappa shape index (κ2) is 16.2. The first-order chi connectivity index (χ1) is 19.5. The van der Waals surface area contributed by atoms with Gasteiger partial charge in [-0.2, -0.15) is 0 Å². The Balaban J connectivity index is 3.08. The maximum Gasteiger partial charge on any atom is 0.316 e. The molecule has 0 spiro atoms. The predicted molar refractivity (Wildman–Crippen MR) is 140 cm³/mol. The fourth-order valence-electron chi connectivity index (χ4n) is 3.43. The average Bonchev–Trinajstić information content (AvgIpc) is 2.88. The van der Waals surface area contributed by atoms with Crippen molar-refractivity contribution in [3.63, 3.8) is 0 Å². The molecule has 0 aliphatic carbocycles. The number of nitrogens with zero attached hydrogens (tertiary/aromatic N) is 1. The standard InChI is InChI=1S/C24H32N6O12/c1-11(2)20(29-22(38)15(7-8-17(31)32)27-21(37)14(25)9-18(33)34)24(40)28-16(10-19(35)36)23(39)26-12-3-5-13(6-4-12)30(41)42/h3-6,11,14-16,20H,7-10,25H2,1-2H3,(H7-,26,27,28,29,31,32,33,34,35,36,37,38,39,40,41,42)/p+1/t14-,15-,16-,20-/m0/s1. The Hall–Kier alpha value is -5.13. The van der Waals surface area contributed by atoms with Gasteiger partial charge in [0, 0.05) is 24.2 Å². The number of hydrogen-bond acceptors (Lipinski definition) is 9. The number of benzene rings is 1. The summed E-state index contributed by atoms with van der Waals surface area (Å²) in [6.45, 7) is 3.01. The van der Waals surface area contributed by atoms with Crippen LogP contribution >= 0.6 is 0 Å². The van der Waals surface area contributed by atoms with Crippen molar-refractivity contribution in [2.45, 2.75) is 63.7 Å². The lowest BCUT2D eigenvalue weighted by Gasteiger charge is -2.27. The minimum Gasteiger partial charge on any atom is -0.481 e. The second-order valence-electron chi connectivity index (χ2n) is 9.40. The van der Waals surface area contributed by atoms with E-state index in [2.05, 4.69) is 21.3 Å². The van der Waals surface area contributed by atoms with E-state index < -0.39 is 102 Å². The quantitative estimate of drug-likeness (QED) is 0.0942. The summed E-state index contributed by atoms with van der Waals surface area (Å²) < 4.78 is 0. The van der Waals surface area contributed by atoms with Crippen molar-refractivity contribution in [3.8, 4) is 0 Å². The number of amides is 4. The molecule has 0 aliphatic rings. The SMILES string of the molecule is CC(C)[C@H](NC(=O)[C@H](CCC(=O)O)NC(=O)[C@@H](N)CC(=O)O)C(=O)N[C@@H](CC(=O)O)C(=O)Nc1ccc([N+](=O)O)cc1. The van der Waals surface area contributed by atoms with Crippen LogP contribution in [0.4, 0.5) is 11.4 Å². The Kier molecular flexibility index (Phi) is 13.5. The zero-order chi connectivity index (χ0) is 32.1. The van der Waals surface area contributed by atoms with Gasteiger partial charge in [-0.15, -0.1) is 0 Å². The number of carboxylic acids is 3. The van der Waals surface area contributed by atoms with Crippen LogP contribution in [0, 0.1) is 10.8 Å². The molecule has 10 N–H and O–H groups in total. The molecule has 4 atom stereocenters. The molecule has 0 unspecified atom stereocenters. The third-order valence-corrected chi connectivity index (χ3v) is 5.63. The van der Waals surface area contributed by atoms with Crippen LogP contribution in [0.1, 0.15) is 39.5 Å². The number of rotatable bonds is 17. The summed E-state index contributed by atoms with van der Waals surface area (Å²) in [5.41, 5.74) is 5.45. The van der Waals surface area contributed by atoms with Gasteiger partial charge in [-0.25, -0.2) is 5.21 Å². The molecule has 18 heteroatoms. The summed E-state index contributed by atoms with van der Waals surface area (Å²) in [6.07, 6.45) is -2.66. The molecule has 0 saturated carbocycles. The molecule has 230 valence electrons. The van der Waals surface area contributed by atoms with Gasteiger partial charge < -0.3 is 42.3 Å². The number of nitrogens with one attached hydrogen (secondary N) is 4. The third-order valence-electron chi connectivity index (χ3n) is 5.63. The number of carbonyl (C=O) groups excluding carboxylic acids is 4. The molecule has 18 nitrogen and oxygen atoms in total. The molecule has 0 fully saturated rings. The highest BCUT2D eigenvalue weighted by Crippen LogP contribution is 2.15. The van der Waals surface area contributed by atoms with Crippen LogP contribution in [0.25, 0.3) is 0 Å². The maximum atomic E-state index is 13.1. The number of aliphatic carboxylic acids is 3. The van der Waals surface area contributed by atoms with Crippen molar-refractivity contribution >= 4 is 52.9 Å². The summed E-state index contributed by atoms with van der Waals surface area (Å²) in [5.74, 6) is -8.83. The average molecular weight is 598 g/mol. The van der Waals surface area contributed by atoms with E-state index >= 15 is 0 Å². The lowest BCUT2D eigenvalue weighted by molar-refractivity contribution is -0.729. The third kappa shape index (κ3) is 11.9. The van der Waals surface area contributed by atoms with Gasteiger partial charge in [0.15, 0.2) is 0 Å². The molecule has 0 saturated heterocycles. The lowest BCUT2D eigenvalue weighted by atomic mass is 10.0. The number of nitrogens with two attached hydrogens (primary N) is 1. The predicted octanol–water partition coefficient (Wildman–Crippen LogP) is -1.32. The highest BCUT2D eigenvalue weighted by molar-refractivity contribution is 6.00. The lowest BCUT2D eigenvalue weighted by Crippen LogP contribution is -2.59. The first-order valence-electron chi connectivity index (χ1n) is 12.4. The molecule has 1 aromatic carbocycles. The van der Waals surface area contributed by atoms with Gasteiger partial charge in [0.2, 0.25) is 23.6 Å². The van der Waals surface area contributed by atoms with E-state index in [1.54, 1.807) is 0 Å². The molecular formula is C24H33N6O12+. The van der Waals surface area contributed by atoms with Crippen LogP contribution in [0.2, 0.25) is 0 Å². The molecule has 0 heterocycles. The number of carboxylic acid groups (broad SMARTS) is 3. The highest BCUT2D eigenvalue weighted by atomic mass is 16.6. The van der Waals surface area contributed by atoms with Crippen LogP contribution in [0.5, 0.6) is 0 Å². The van der Waals surface area contributed by atoms with Crippen LogP contribution in [0.3, 0.4) is 0 Å². The Labute approximate surface area is 238 Å².